The van der Waals surface area contributed by atoms with Crippen LogP contribution in [0.4, 0.5) is 4.39 Å². The van der Waals surface area contributed by atoms with Crippen molar-refractivity contribution in [3.63, 3.8) is 0 Å². The molecular formula is C11H13ClFNO2. The van der Waals surface area contributed by atoms with Crippen LogP contribution < -0.4 is 5.73 Å². The average Bonchev–Trinajstić information content (AvgIpc) is 2.20. The van der Waals surface area contributed by atoms with E-state index >= 15 is 0 Å². The second kappa shape index (κ2) is 5.27. The Kier molecular flexibility index (Phi) is 4.26. The zero-order valence-electron chi connectivity index (χ0n) is 8.84. The van der Waals surface area contributed by atoms with Crippen LogP contribution in [0.2, 0.25) is 5.02 Å². The van der Waals surface area contributed by atoms with Crippen molar-refractivity contribution in [1.82, 2.24) is 0 Å². The van der Waals surface area contributed by atoms with Crippen LogP contribution >= 0.6 is 11.6 Å². The van der Waals surface area contributed by atoms with Crippen molar-refractivity contribution in [3.05, 3.63) is 34.1 Å². The van der Waals surface area contributed by atoms with Gasteiger partial charge in [-0.15, -0.1) is 0 Å². The van der Waals surface area contributed by atoms with E-state index in [9.17, 15) is 9.18 Å². The second-order valence-electron chi connectivity index (χ2n) is 3.68. The van der Waals surface area contributed by atoms with Crippen LogP contribution in [0.5, 0.6) is 0 Å². The zero-order chi connectivity index (χ0) is 12.3. The first-order chi connectivity index (χ1) is 7.41. The molecule has 0 aliphatic heterocycles. The maximum Gasteiger partial charge on any atom is 0.320 e. The lowest BCUT2D eigenvalue weighted by Crippen LogP contribution is -2.30. The molecule has 3 N–H and O–H groups in total. The largest absolute Gasteiger partial charge is 0.480 e. The van der Waals surface area contributed by atoms with Gasteiger partial charge in [0, 0.05) is 5.02 Å². The molecule has 1 unspecified atom stereocenters. The van der Waals surface area contributed by atoms with Crippen LogP contribution in [0, 0.1) is 12.7 Å². The Morgan fingerprint density at radius 3 is 2.81 bits per heavy atom. The number of carbonyl (C=O) groups is 1. The van der Waals surface area contributed by atoms with Crippen LogP contribution in [-0.2, 0) is 11.2 Å². The molecule has 5 heteroatoms. The second-order valence-corrected chi connectivity index (χ2v) is 4.08. The van der Waals surface area contributed by atoms with Crippen molar-refractivity contribution in [1.29, 1.82) is 0 Å². The van der Waals surface area contributed by atoms with Gasteiger partial charge in [-0.25, -0.2) is 4.39 Å². The molecule has 16 heavy (non-hydrogen) atoms. The van der Waals surface area contributed by atoms with E-state index in [0.29, 0.717) is 22.6 Å². The molecule has 0 aliphatic rings. The van der Waals surface area contributed by atoms with Gasteiger partial charge >= 0.3 is 5.97 Å². The molecule has 0 fully saturated rings. The molecule has 0 saturated heterocycles. The number of hydrogen-bond donors (Lipinski definition) is 2. The molecule has 0 aliphatic carbocycles. The minimum atomic E-state index is -1.07. The van der Waals surface area contributed by atoms with Gasteiger partial charge in [-0.2, -0.15) is 0 Å². The van der Waals surface area contributed by atoms with Gasteiger partial charge in [-0.05, 0) is 43.0 Å². The molecule has 0 saturated carbocycles. The van der Waals surface area contributed by atoms with Crippen molar-refractivity contribution < 1.29 is 14.3 Å². The van der Waals surface area contributed by atoms with Gasteiger partial charge in [0.25, 0.3) is 0 Å². The maximum atomic E-state index is 13.2. The fourth-order valence-electron chi connectivity index (χ4n) is 1.31. The van der Waals surface area contributed by atoms with E-state index in [-0.39, 0.29) is 12.2 Å². The number of halogens is 2. The molecule has 0 spiro atoms. The van der Waals surface area contributed by atoms with Gasteiger partial charge in [-0.1, -0.05) is 11.6 Å². The standard InChI is InChI=1S/C11H13ClFNO2/c1-6-4-8(12)7(5-9(6)13)2-3-10(14)11(15)16/h4-5,10H,2-3,14H2,1H3,(H,15,16). The summed E-state index contributed by atoms with van der Waals surface area (Å²) in [5.41, 5.74) is 6.40. The molecule has 1 aromatic carbocycles. The Hall–Kier alpha value is -1.13. The highest BCUT2D eigenvalue weighted by atomic mass is 35.5. The molecule has 0 aromatic heterocycles. The SMILES string of the molecule is Cc1cc(Cl)c(CCC(N)C(=O)O)cc1F. The van der Waals surface area contributed by atoms with Crippen LogP contribution in [-0.4, -0.2) is 17.1 Å². The van der Waals surface area contributed by atoms with Gasteiger partial charge in [-0.3, -0.25) is 4.79 Å². The minimum absolute atomic E-state index is 0.234. The van der Waals surface area contributed by atoms with Gasteiger partial charge in [0.05, 0.1) is 0 Å². The summed E-state index contributed by atoms with van der Waals surface area (Å²) < 4.78 is 13.2. The summed E-state index contributed by atoms with van der Waals surface area (Å²) in [5, 5.41) is 9.04. The minimum Gasteiger partial charge on any atom is -0.480 e. The molecule has 1 atom stereocenters. The molecule has 0 radical (unpaired) electrons. The van der Waals surface area contributed by atoms with Crippen LogP contribution in [0.15, 0.2) is 12.1 Å². The van der Waals surface area contributed by atoms with Crippen molar-refractivity contribution in [2.45, 2.75) is 25.8 Å². The summed E-state index contributed by atoms with van der Waals surface area (Å²) in [6.07, 6.45) is 0.584. The molecule has 3 nitrogen and oxygen atoms in total. The van der Waals surface area contributed by atoms with Crippen LogP contribution in [0.3, 0.4) is 0 Å². The number of aryl methyl sites for hydroxylation is 2. The quantitative estimate of drug-likeness (QED) is 0.854. The monoisotopic (exact) mass is 245 g/mol. The van der Waals surface area contributed by atoms with E-state index in [1.165, 1.54) is 12.1 Å². The predicted molar refractivity (Wildman–Crippen MR) is 60.1 cm³/mol. The predicted octanol–water partition coefficient (Wildman–Crippen LogP) is 2.13. The Morgan fingerprint density at radius 1 is 1.62 bits per heavy atom. The molecule has 1 aromatic rings. The first kappa shape index (κ1) is 12.9. The number of carboxylic acids is 1. The topological polar surface area (TPSA) is 63.3 Å². The molecule has 88 valence electrons. The summed E-state index contributed by atoms with van der Waals surface area (Å²) in [6.45, 7) is 1.62. The summed E-state index contributed by atoms with van der Waals surface area (Å²) in [7, 11) is 0. The summed E-state index contributed by atoms with van der Waals surface area (Å²) in [6, 6.07) is 1.91. The van der Waals surface area contributed by atoms with Crippen LogP contribution in [0.1, 0.15) is 17.5 Å². The Bertz CT molecular complexity index is 409. The van der Waals surface area contributed by atoms with Gasteiger partial charge in [0.1, 0.15) is 11.9 Å². The van der Waals surface area contributed by atoms with Gasteiger partial charge in [0.15, 0.2) is 0 Å². The number of rotatable bonds is 4. The molecule has 0 amide bonds. The van der Waals surface area contributed by atoms with Crippen molar-refractivity contribution in [3.8, 4) is 0 Å². The van der Waals surface area contributed by atoms with E-state index in [1.54, 1.807) is 6.92 Å². The molecular weight excluding hydrogens is 233 g/mol. The van der Waals surface area contributed by atoms with E-state index in [2.05, 4.69) is 0 Å². The Balaban J connectivity index is 2.74. The van der Waals surface area contributed by atoms with E-state index in [4.69, 9.17) is 22.4 Å². The highest BCUT2D eigenvalue weighted by Crippen LogP contribution is 2.21. The third kappa shape index (κ3) is 3.18. The fourth-order valence-corrected chi connectivity index (χ4v) is 1.63. The number of benzene rings is 1. The van der Waals surface area contributed by atoms with Crippen molar-refractivity contribution in [2.24, 2.45) is 5.73 Å². The highest BCUT2D eigenvalue weighted by molar-refractivity contribution is 6.31. The van der Waals surface area contributed by atoms with Crippen molar-refractivity contribution >= 4 is 17.6 Å². The first-order valence-corrected chi connectivity index (χ1v) is 5.22. The number of hydrogen-bond acceptors (Lipinski definition) is 2. The number of carboxylic acid groups (broad SMARTS) is 1. The van der Waals surface area contributed by atoms with Gasteiger partial charge in [0.2, 0.25) is 0 Å². The summed E-state index contributed by atoms with van der Waals surface area (Å²) >= 11 is 5.91. The van der Waals surface area contributed by atoms with Crippen molar-refractivity contribution in [2.75, 3.05) is 0 Å². The van der Waals surface area contributed by atoms with Gasteiger partial charge < -0.3 is 10.8 Å². The van der Waals surface area contributed by atoms with E-state index < -0.39 is 12.0 Å². The summed E-state index contributed by atoms with van der Waals surface area (Å²) in [4.78, 5) is 10.5. The Labute approximate surface area is 98.0 Å². The lowest BCUT2D eigenvalue weighted by molar-refractivity contribution is -0.138. The third-order valence-electron chi connectivity index (χ3n) is 2.37. The van der Waals surface area contributed by atoms with E-state index in [1.807, 2.05) is 0 Å². The first-order valence-electron chi connectivity index (χ1n) is 4.84. The maximum absolute atomic E-state index is 13.2. The smallest absolute Gasteiger partial charge is 0.320 e. The third-order valence-corrected chi connectivity index (χ3v) is 2.72. The highest BCUT2D eigenvalue weighted by Gasteiger charge is 2.13. The lowest BCUT2D eigenvalue weighted by atomic mass is 10.0. The lowest BCUT2D eigenvalue weighted by Gasteiger charge is -2.09. The molecule has 0 heterocycles. The summed E-state index contributed by atoms with van der Waals surface area (Å²) in [5.74, 6) is -1.41. The number of nitrogens with two attached hydrogens (primary N) is 1. The van der Waals surface area contributed by atoms with Crippen LogP contribution in [0.25, 0.3) is 0 Å². The number of aliphatic carboxylic acids is 1. The Morgan fingerprint density at radius 2 is 2.25 bits per heavy atom. The van der Waals surface area contributed by atoms with E-state index in [0.717, 1.165) is 0 Å². The molecule has 1 rings (SSSR count). The average molecular weight is 246 g/mol. The molecule has 0 bridgehead atoms. The zero-order valence-corrected chi connectivity index (χ0v) is 9.59. The normalized spacial score (nSPS) is 12.5. The fraction of sp³-hybridized carbons (Fsp3) is 0.364.